The summed E-state index contributed by atoms with van der Waals surface area (Å²) in [6.07, 6.45) is 5.83. The fraction of sp³-hybridized carbons (Fsp3) is 0.412. The van der Waals surface area contributed by atoms with Gasteiger partial charge in [0.15, 0.2) is 0 Å². The number of nitrogens with zero attached hydrogens (tertiary/aromatic N) is 2. The number of aromatic nitrogens is 2. The second kappa shape index (κ2) is 7.23. The minimum Gasteiger partial charge on any atom is -0.381 e. The first-order valence-corrected chi connectivity index (χ1v) is 10.2. The first-order valence-electron chi connectivity index (χ1n) is 8.27. The zero-order valence-corrected chi connectivity index (χ0v) is 16.6. The van der Waals surface area contributed by atoms with Crippen LogP contribution < -0.4 is 10.0 Å². The van der Waals surface area contributed by atoms with Crippen LogP contribution in [0.2, 0.25) is 5.02 Å². The van der Waals surface area contributed by atoms with E-state index in [1.165, 1.54) is 12.4 Å². The van der Waals surface area contributed by atoms with Crippen LogP contribution in [0.3, 0.4) is 0 Å². The zero-order valence-electron chi connectivity index (χ0n) is 13.6. The average molecular weight is 434 g/mol. The second-order valence-electron chi connectivity index (χ2n) is 6.60. The Hall–Kier alpha value is -0.950. The van der Waals surface area contributed by atoms with Crippen molar-refractivity contribution in [3.05, 3.63) is 41.6 Å². The van der Waals surface area contributed by atoms with E-state index in [4.69, 9.17) is 34.8 Å². The van der Waals surface area contributed by atoms with Crippen molar-refractivity contribution in [2.75, 3.05) is 10.0 Å². The number of hydrogen-bond acceptors (Lipinski definition) is 5. The molecule has 2 aliphatic carbocycles. The van der Waals surface area contributed by atoms with Gasteiger partial charge in [-0.1, -0.05) is 11.6 Å². The van der Waals surface area contributed by atoms with E-state index in [0.717, 1.165) is 31.2 Å². The molecule has 0 radical (unpaired) electrons. The molecule has 4 nitrogen and oxygen atoms in total. The van der Waals surface area contributed by atoms with Crippen molar-refractivity contribution >= 4 is 58.3 Å². The molecular weight excluding hydrogens is 418 g/mol. The van der Waals surface area contributed by atoms with Gasteiger partial charge < -0.3 is 10.0 Å². The molecule has 0 aliphatic heterocycles. The van der Waals surface area contributed by atoms with Gasteiger partial charge in [0, 0.05) is 12.2 Å². The third kappa shape index (κ3) is 3.70. The van der Waals surface area contributed by atoms with E-state index in [0.29, 0.717) is 33.3 Å². The summed E-state index contributed by atoms with van der Waals surface area (Å²) in [6, 6.07) is 4.93. The third-order valence-electron chi connectivity index (χ3n) is 4.96. The molecule has 4 rings (SSSR count). The molecule has 1 aromatic carbocycles. The quantitative estimate of drug-likeness (QED) is 0.463. The molecule has 138 valence electrons. The van der Waals surface area contributed by atoms with E-state index in [2.05, 4.69) is 20.0 Å². The Morgan fingerprint density at radius 3 is 2.81 bits per heavy atom. The molecule has 0 spiro atoms. The number of alkyl halides is 2. The summed E-state index contributed by atoms with van der Waals surface area (Å²) in [7, 11) is 0. The van der Waals surface area contributed by atoms with E-state index in [1.807, 2.05) is 0 Å². The summed E-state index contributed by atoms with van der Waals surface area (Å²) < 4.78 is 16.8. The minimum atomic E-state index is -0.585. The maximum atomic E-state index is 14.5. The highest BCUT2D eigenvalue weighted by molar-refractivity contribution is 8.00. The molecule has 3 atom stereocenters. The Morgan fingerprint density at radius 1 is 1.23 bits per heavy atom. The molecule has 2 saturated carbocycles. The van der Waals surface area contributed by atoms with Gasteiger partial charge in [-0.25, -0.2) is 14.4 Å². The van der Waals surface area contributed by atoms with Crippen LogP contribution in [0.4, 0.5) is 15.9 Å². The summed E-state index contributed by atoms with van der Waals surface area (Å²) >= 11 is 20.0. The largest absolute Gasteiger partial charge is 0.381 e. The zero-order chi connectivity index (χ0) is 18.3. The van der Waals surface area contributed by atoms with Crippen LogP contribution in [-0.2, 0) is 0 Å². The van der Waals surface area contributed by atoms with Crippen molar-refractivity contribution in [3.8, 4) is 0 Å². The van der Waals surface area contributed by atoms with Crippen LogP contribution in [0.1, 0.15) is 19.3 Å². The number of fused-ring (bicyclic) bond motifs is 1. The van der Waals surface area contributed by atoms with Crippen molar-refractivity contribution in [2.45, 2.75) is 34.5 Å². The van der Waals surface area contributed by atoms with Gasteiger partial charge in [-0.2, -0.15) is 0 Å². The maximum absolute atomic E-state index is 14.5. The number of benzene rings is 1. The van der Waals surface area contributed by atoms with E-state index in [1.54, 1.807) is 18.3 Å². The Bertz CT molecular complexity index is 808. The van der Waals surface area contributed by atoms with Crippen LogP contribution in [0.15, 0.2) is 35.6 Å². The number of rotatable bonds is 5. The predicted octanol–water partition coefficient (Wildman–Crippen LogP) is 5.77. The van der Waals surface area contributed by atoms with E-state index >= 15 is 0 Å². The molecule has 2 aromatic rings. The van der Waals surface area contributed by atoms with Crippen molar-refractivity contribution in [3.63, 3.8) is 0 Å². The van der Waals surface area contributed by atoms with Crippen molar-refractivity contribution in [1.29, 1.82) is 0 Å². The molecule has 0 saturated heterocycles. The fourth-order valence-electron chi connectivity index (χ4n) is 3.51. The average Bonchev–Trinajstić information content (AvgIpc) is 3.18. The predicted molar refractivity (Wildman–Crippen MR) is 106 cm³/mol. The maximum Gasteiger partial charge on any atom is 0.140 e. The van der Waals surface area contributed by atoms with Gasteiger partial charge in [0.25, 0.3) is 0 Å². The topological polar surface area (TPSA) is 49.8 Å². The van der Waals surface area contributed by atoms with Gasteiger partial charge in [-0.05, 0) is 61.2 Å². The Morgan fingerprint density at radius 2 is 2.08 bits per heavy atom. The normalized spacial score (nSPS) is 26.1. The Balaban J connectivity index is 1.41. The molecule has 1 aromatic heterocycles. The number of halogens is 4. The smallest absolute Gasteiger partial charge is 0.140 e. The van der Waals surface area contributed by atoms with Crippen LogP contribution in [0.5, 0.6) is 0 Å². The lowest BCUT2D eigenvalue weighted by atomic mass is 9.95. The van der Waals surface area contributed by atoms with Gasteiger partial charge in [0.1, 0.15) is 22.3 Å². The van der Waals surface area contributed by atoms with E-state index in [-0.39, 0.29) is 11.9 Å². The summed E-state index contributed by atoms with van der Waals surface area (Å²) in [6.45, 7) is 0. The lowest BCUT2D eigenvalue weighted by Gasteiger charge is -2.24. The highest BCUT2D eigenvalue weighted by Gasteiger charge is 2.64. The molecule has 0 bridgehead atoms. The highest BCUT2D eigenvalue weighted by Crippen LogP contribution is 2.65. The molecule has 2 fully saturated rings. The van der Waals surface area contributed by atoms with Crippen molar-refractivity contribution in [1.82, 2.24) is 9.97 Å². The first kappa shape index (κ1) is 18.4. The van der Waals surface area contributed by atoms with Crippen molar-refractivity contribution < 1.29 is 4.39 Å². The van der Waals surface area contributed by atoms with Crippen LogP contribution in [0.25, 0.3) is 0 Å². The van der Waals surface area contributed by atoms with Gasteiger partial charge >= 0.3 is 0 Å². The monoisotopic (exact) mass is 432 g/mol. The Kier molecular flexibility index (Phi) is 5.12. The fourth-order valence-corrected chi connectivity index (χ4v) is 5.34. The molecule has 2 aliphatic rings. The lowest BCUT2D eigenvalue weighted by molar-refractivity contribution is 0.441. The summed E-state index contributed by atoms with van der Waals surface area (Å²) in [5.74, 6) is 0.942. The van der Waals surface area contributed by atoms with Gasteiger partial charge in [-0.15, -0.1) is 23.2 Å². The summed E-state index contributed by atoms with van der Waals surface area (Å²) in [5.41, 5.74) is 0.592. The van der Waals surface area contributed by atoms with Gasteiger partial charge in [0.2, 0.25) is 0 Å². The molecule has 1 heterocycles. The molecule has 2 N–H and O–H groups in total. The second-order valence-corrected chi connectivity index (χ2v) is 9.30. The number of nitrogens with one attached hydrogen (secondary N) is 2. The third-order valence-corrected chi connectivity index (χ3v) is 7.24. The van der Waals surface area contributed by atoms with Crippen LogP contribution in [-0.4, -0.2) is 20.3 Å². The standard InChI is InChI=1S/C17H16Cl3FN4S/c18-12-6-15(26-25-16-3-4-22-8-23-16)13(21)7-14(12)24-9-1-2-10-11(5-9)17(10,19)20/h3-4,6-11,24H,1-2,5H2,(H,22,23,25). The van der Waals surface area contributed by atoms with Gasteiger partial charge in [0.05, 0.1) is 15.6 Å². The summed E-state index contributed by atoms with van der Waals surface area (Å²) in [4.78, 5) is 8.26. The molecule has 9 heteroatoms. The van der Waals surface area contributed by atoms with Crippen LogP contribution in [0, 0.1) is 17.7 Å². The molecule has 3 unspecified atom stereocenters. The minimum absolute atomic E-state index is 0.199. The molecular formula is C17H16Cl3FN4S. The van der Waals surface area contributed by atoms with E-state index < -0.39 is 4.33 Å². The number of hydrogen-bond donors (Lipinski definition) is 2. The Labute approximate surface area is 170 Å². The SMILES string of the molecule is Fc1cc(NC2CCC3C(C2)C3(Cl)Cl)c(Cl)cc1SNc1ccncn1. The first-order chi connectivity index (χ1) is 12.4. The van der Waals surface area contributed by atoms with Crippen molar-refractivity contribution in [2.24, 2.45) is 11.8 Å². The van der Waals surface area contributed by atoms with Gasteiger partial charge in [-0.3, -0.25) is 0 Å². The molecule has 0 amide bonds. The van der Waals surface area contributed by atoms with E-state index in [9.17, 15) is 4.39 Å². The number of anilines is 2. The highest BCUT2D eigenvalue weighted by atomic mass is 35.5. The summed E-state index contributed by atoms with van der Waals surface area (Å²) in [5, 5.41) is 3.82. The van der Waals surface area contributed by atoms with Crippen LogP contribution >= 0.6 is 46.8 Å². The molecule has 26 heavy (non-hydrogen) atoms. The lowest BCUT2D eigenvalue weighted by Crippen LogP contribution is -2.24.